The van der Waals surface area contributed by atoms with Crippen LogP contribution in [-0.2, 0) is 5.75 Å². The smallest absolute Gasteiger partial charge is 0.277 e. The van der Waals surface area contributed by atoms with E-state index < -0.39 is 6.10 Å². The van der Waals surface area contributed by atoms with E-state index in [0.717, 1.165) is 10.2 Å². The third-order valence-electron chi connectivity index (χ3n) is 3.17. The zero-order valence-electron chi connectivity index (χ0n) is 12.8. The second kappa shape index (κ2) is 7.81. The van der Waals surface area contributed by atoms with Crippen molar-refractivity contribution in [2.24, 2.45) is 0 Å². The van der Waals surface area contributed by atoms with Crippen molar-refractivity contribution in [3.8, 4) is 5.75 Å². The lowest BCUT2D eigenvalue weighted by Crippen LogP contribution is -2.03. The minimum absolute atomic E-state index is 0.306. The Kier molecular flexibility index (Phi) is 5.52. The Labute approximate surface area is 151 Å². The Morgan fingerprint density at radius 1 is 1.12 bits per heavy atom. The van der Waals surface area contributed by atoms with Gasteiger partial charge in [0, 0.05) is 10.2 Å². The van der Waals surface area contributed by atoms with E-state index in [1.54, 1.807) is 19.1 Å². The summed E-state index contributed by atoms with van der Waals surface area (Å²) in [6.45, 7) is 1.81. The molecular weight excluding hydrogens is 395 g/mol. The topological polar surface area (TPSA) is 48.2 Å². The van der Waals surface area contributed by atoms with Crippen molar-refractivity contribution in [3.63, 3.8) is 0 Å². The molecule has 0 N–H and O–H groups in total. The molecule has 0 aliphatic heterocycles. The fourth-order valence-electron chi connectivity index (χ4n) is 1.94. The first-order valence-corrected chi connectivity index (χ1v) is 9.01. The lowest BCUT2D eigenvalue weighted by molar-refractivity contribution is 0.181. The maximum Gasteiger partial charge on any atom is 0.277 e. The Morgan fingerprint density at radius 2 is 1.83 bits per heavy atom. The van der Waals surface area contributed by atoms with Gasteiger partial charge in [-0.3, -0.25) is 0 Å². The molecule has 24 heavy (non-hydrogen) atoms. The first-order chi connectivity index (χ1) is 11.6. The number of hydrogen-bond donors (Lipinski definition) is 0. The first kappa shape index (κ1) is 17.0. The summed E-state index contributed by atoms with van der Waals surface area (Å²) in [4.78, 5) is 0. The molecule has 0 saturated heterocycles. The van der Waals surface area contributed by atoms with Gasteiger partial charge >= 0.3 is 0 Å². The molecule has 0 spiro atoms. The van der Waals surface area contributed by atoms with Crippen LogP contribution >= 0.6 is 27.7 Å². The van der Waals surface area contributed by atoms with Gasteiger partial charge in [-0.25, -0.2) is 4.39 Å². The molecule has 0 unspecified atom stereocenters. The average molecular weight is 409 g/mol. The lowest BCUT2D eigenvalue weighted by Gasteiger charge is -2.10. The van der Waals surface area contributed by atoms with Crippen LogP contribution in [0.4, 0.5) is 4.39 Å². The molecule has 3 rings (SSSR count). The number of thioether (sulfide) groups is 1. The lowest BCUT2D eigenvalue weighted by atomic mass is 10.2. The highest BCUT2D eigenvalue weighted by Gasteiger charge is 2.16. The number of aromatic nitrogens is 2. The van der Waals surface area contributed by atoms with Gasteiger partial charge in [0.2, 0.25) is 0 Å². The van der Waals surface area contributed by atoms with Gasteiger partial charge in [-0.15, -0.1) is 10.2 Å². The van der Waals surface area contributed by atoms with Crippen LogP contribution in [0.25, 0.3) is 0 Å². The molecule has 7 heteroatoms. The summed E-state index contributed by atoms with van der Waals surface area (Å²) >= 11 is 4.87. The van der Waals surface area contributed by atoms with Crippen molar-refractivity contribution in [2.75, 3.05) is 0 Å². The second-order valence-corrected chi connectivity index (χ2v) is 6.88. The fraction of sp³-hybridized carbons (Fsp3) is 0.176. The summed E-state index contributed by atoms with van der Waals surface area (Å²) in [5.74, 6) is 1.37. The van der Waals surface area contributed by atoms with E-state index in [1.165, 1.54) is 29.5 Å². The molecule has 2 aromatic carbocycles. The van der Waals surface area contributed by atoms with Crippen LogP contribution in [0, 0.1) is 5.82 Å². The summed E-state index contributed by atoms with van der Waals surface area (Å²) < 4.78 is 25.2. The van der Waals surface area contributed by atoms with Gasteiger partial charge in [-0.05, 0) is 48.9 Å². The number of nitrogens with zero attached hydrogens (tertiary/aromatic N) is 2. The van der Waals surface area contributed by atoms with E-state index >= 15 is 0 Å². The molecule has 0 aliphatic rings. The highest BCUT2D eigenvalue weighted by molar-refractivity contribution is 9.10. The molecule has 4 nitrogen and oxygen atoms in total. The number of benzene rings is 2. The molecule has 0 bridgehead atoms. The quantitative estimate of drug-likeness (QED) is 0.510. The standard InChI is InChI=1S/C17H14BrFN2O2S/c1-11(22-15-8-6-14(19)7-9-15)16-20-21-17(23-16)24-10-12-2-4-13(18)5-3-12/h2-9,11H,10H2,1H3/t11-/m1/s1. The van der Waals surface area contributed by atoms with Crippen LogP contribution in [0.5, 0.6) is 5.75 Å². The van der Waals surface area contributed by atoms with Gasteiger partial charge in [0.05, 0.1) is 0 Å². The minimum Gasteiger partial charge on any atom is -0.481 e. The van der Waals surface area contributed by atoms with Crippen molar-refractivity contribution < 1.29 is 13.5 Å². The van der Waals surface area contributed by atoms with E-state index in [1.807, 2.05) is 24.3 Å². The average Bonchev–Trinajstić information content (AvgIpc) is 3.06. The monoisotopic (exact) mass is 408 g/mol. The maximum absolute atomic E-state index is 12.9. The molecule has 0 fully saturated rings. The third-order valence-corrected chi connectivity index (χ3v) is 4.59. The molecular formula is C17H14BrFN2O2S. The summed E-state index contributed by atoms with van der Waals surface area (Å²) in [5.41, 5.74) is 1.17. The summed E-state index contributed by atoms with van der Waals surface area (Å²) in [6.07, 6.45) is -0.412. The van der Waals surface area contributed by atoms with Crippen molar-refractivity contribution in [2.45, 2.75) is 24.0 Å². The SMILES string of the molecule is C[C@@H](Oc1ccc(F)cc1)c1nnc(SCc2ccc(Br)cc2)o1. The van der Waals surface area contributed by atoms with Crippen LogP contribution in [0.15, 0.2) is 62.6 Å². The fourth-order valence-corrected chi connectivity index (χ4v) is 2.93. The van der Waals surface area contributed by atoms with E-state index in [2.05, 4.69) is 26.1 Å². The van der Waals surface area contributed by atoms with Gasteiger partial charge in [0.25, 0.3) is 11.1 Å². The number of halogens is 2. The van der Waals surface area contributed by atoms with Crippen LogP contribution in [0.1, 0.15) is 24.5 Å². The Morgan fingerprint density at radius 3 is 2.54 bits per heavy atom. The molecule has 1 aromatic heterocycles. The predicted octanol–water partition coefficient (Wildman–Crippen LogP) is 5.40. The van der Waals surface area contributed by atoms with Crippen LogP contribution in [-0.4, -0.2) is 10.2 Å². The molecule has 1 atom stereocenters. The molecule has 3 aromatic rings. The molecule has 0 aliphatic carbocycles. The summed E-state index contributed by atoms with van der Waals surface area (Å²) in [7, 11) is 0. The Bertz CT molecular complexity index is 793. The zero-order valence-corrected chi connectivity index (χ0v) is 15.2. The van der Waals surface area contributed by atoms with E-state index in [0.29, 0.717) is 16.9 Å². The first-order valence-electron chi connectivity index (χ1n) is 7.23. The van der Waals surface area contributed by atoms with Gasteiger partial charge in [-0.2, -0.15) is 0 Å². The highest BCUT2D eigenvalue weighted by atomic mass is 79.9. The minimum atomic E-state index is -0.412. The highest BCUT2D eigenvalue weighted by Crippen LogP contribution is 2.26. The summed E-state index contributed by atoms with van der Waals surface area (Å²) in [6, 6.07) is 13.9. The number of rotatable bonds is 6. The van der Waals surface area contributed by atoms with Gasteiger partial charge in [0.15, 0.2) is 6.10 Å². The van der Waals surface area contributed by atoms with E-state index in [4.69, 9.17) is 9.15 Å². The zero-order chi connectivity index (χ0) is 16.9. The van der Waals surface area contributed by atoms with Crippen molar-refractivity contribution in [1.82, 2.24) is 10.2 Å². The second-order valence-electron chi connectivity index (χ2n) is 5.04. The maximum atomic E-state index is 12.9. The molecule has 0 saturated carbocycles. The molecule has 1 heterocycles. The molecule has 0 amide bonds. The van der Waals surface area contributed by atoms with Crippen LogP contribution in [0.2, 0.25) is 0 Å². The largest absolute Gasteiger partial charge is 0.481 e. The van der Waals surface area contributed by atoms with Crippen LogP contribution < -0.4 is 4.74 Å². The van der Waals surface area contributed by atoms with Crippen molar-refractivity contribution in [1.29, 1.82) is 0 Å². The van der Waals surface area contributed by atoms with Crippen LogP contribution in [0.3, 0.4) is 0 Å². The third kappa shape index (κ3) is 4.58. The Balaban J connectivity index is 1.58. The molecule has 0 radical (unpaired) electrons. The van der Waals surface area contributed by atoms with Gasteiger partial charge in [-0.1, -0.05) is 39.8 Å². The van der Waals surface area contributed by atoms with E-state index in [9.17, 15) is 4.39 Å². The van der Waals surface area contributed by atoms with Gasteiger partial charge in [0.1, 0.15) is 11.6 Å². The number of hydrogen-bond acceptors (Lipinski definition) is 5. The number of ether oxygens (including phenoxy) is 1. The summed E-state index contributed by atoms with van der Waals surface area (Å²) in [5, 5.41) is 8.52. The van der Waals surface area contributed by atoms with Crippen molar-refractivity contribution >= 4 is 27.7 Å². The predicted molar refractivity (Wildman–Crippen MR) is 93.4 cm³/mol. The Hall–Kier alpha value is -1.86. The molecule has 124 valence electrons. The van der Waals surface area contributed by atoms with E-state index in [-0.39, 0.29) is 5.82 Å². The van der Waals surface area contributed by atoms with Gasteiger partial charge < -0.3 is 9.15 Å². The normalized spacial score (nSPS) is 12.1. The van der Waals surface area contributed by atoms with Crippen molar-refractivity contribution in [3.05, 3.63) is 70.3 Å².